The minimum absolute atomic E-state index is 0.00220. The molecule has 7 atom stereocenters. The fraction of sp³-hybridized carbons (Fsp3) is 0.815. The van der Waals surface area contributed by atoms with E-state index in [2.05, 4.69) is 11.8 Å². The lowest BCUT2D eigenvalue weighted by molar-refractivity contribution is -0.757. The van der Waals surface area contributed by atoms with Gasteiger partial charge >= 0.3 is 12.1 Å². The first-order chi connectivity index (χ1) is 18.0. The number of carbonyl (C=O) groups is 3. The van der Waals surface area contributed by atoms with Gasteiger partial charge in [-0.3, -0.25) is 4.79 Å². The maximum absolute atomic E-state index is 13.7. The minimum Gasteiger partial charge on any atom is -0.463 e. The first kappa shape index (κ1) is 28.3. The first-order valence-corrected chi connectivity index (χ1v) is 13.7. The van der Waals surface area contributed by atoms with E-state index in [-0.39, 0.29) is 61.6 Å². The molecular weight excluding hydrogens is 498 g/mol. The minimum atomic E-state index is -1.62. The van der Waals surface area contributed by atoms with Crippen LogP contribution >= 0.6 is 0 Å². The van der Waals surface area contributed by atoms with E-state index in [1.54, 1.807) is 13.0 Å². The van der Waals surface area contributed by atoms with E-state index < -0.39 is 34.3 Å². The number of esters is 1. The van der Waals surface area contributed by atoms with Crippen molar-refractivity contribution in [3.8, 4) is 0 Å². The topological polar surface area (TPSA) is 152 Å². The van der Waals surface area contributed by atoms with Crippen LogP contribution in [0.5, 0.6) is 0 Å². The van der Waals surface area contributed by atoms with Crippen LogP contribution in [0.25, 0.3) is 0 Å². The van der Waals surface area contributed by atoms with Gasteiger partial charge in [0.25, 0.3) is 5.09 Å². The molecule has 0 unspecified atom stereocenters. The normalized spacial score (nSPS) is 37.7. The van der Waals surface area contributed by atoms with E-state index in [4.69, 9.17) is 14.2 Å². The third-order valence-corrected chi connectivity index (χ3v) is 9.83. The maximum Gasteiger partial charge on any atom is 0.509 e. The summed E-state index contributed by atoms with van der Waals surface area (Å²) >= 11 is 0. The Labute approximate surface area is 222 Å². The second-order valence-electron chi connectivity index (χ2n) is 11.6. The van der Waals surface area contributed by atoms with Crippen molar-refractivity contribution >= 4 is 17.9 Å². The highest BCUT2D eigenvalue weighted by Gasteiger charge is 2.71. The lowest BCUT2D eigenvalue weighted by Gasteiger charge is -2.60. The molecular formula is C27H39NO10. The van der Waals surface area contributed by atoms with Gasteiger partial charge < -0.3 is 24.2 Å². The third kappa shape index (κ3) is 4.78. The Morgan fingerprint density at radius 1 is 1.13 bits per heavy atom. The lowest BCUT2D eigenvalue weighted by Crippen LogP contribution is -2.63. The molecule has 0 spiro atoms. The van der Waals surface area contributed by atoms with Crippen LogP contribution in [0, 0.1) is 38.7 Å². The summed E-state index contributed by atoms with van der Waals surface area (Å²) in [6, 6.07) is 0. The molecule has 11 nitrogen and oxygen atoms in total. The van der Waals surface area contributed by atoms with Gasteiger partial charge in [0.05, 0.1) is 25.9 Å². The zero-order valence-corrected chi connectivity index (χ0v) is 22.4. The van der Waals surface area contributed by atoms with E-state index in [1.165, 1.54) is 0 Å². The van der Waals surface area contributed by atoms with Gasteiger partial charge in [-0.2, -0.15) is 0 Å². The molecule has 0 aromatic carbocycles. The van der Waals surface area contributed by atoms with Gasteiger partial charge in [-0.15, -0.1) is 10.1 Å². The quantitative estimate of drug-likeness (QED) is 0.198. The van der Waals surface area contributed by atoms with Gasteiger partial charge in [0.15, 0.2) is 5.78 Å². The number of ketones is 1. The number of allylic oxidation sites excluding steroid dienone is 1. The average molecular weight is 538 g/mol. The number of hydrogen-bond donors (Lipinski definition) is 1. The van der Waals surface area contributed by atoms with Crippen LogP contribution < -0.4 is 0 Å². The monoisotopic (exact) mass is 537 g/mol. The number of carbonyl (C=O) groups excluding carboxylic acids is 3. The smallest absolute Gasteiger partial charge is 0.463 e. The number of rotatable bonds is 9. The predicted octanol–water partition coefficient (Wildman–Crippen LogP) is 3.93. The van der Waals surface area contributed by atoms with Crippen LogP contribution in [-0.4, -0.2) is 59.6 Å². The summed E-state index contributed by atoms with van der Waals surface area (Å²) in [4.78, 5) is 53.0. The molecule has 38 heavy (non-hydrogen) atoms. The zero-order chi connectivity index (χ0) is 27.7. The maximum atomic E-state index is 13.7. The molecule has 212 valence electrons. The van der Waals surface area contributed by atoms with Crippen molar-refractivity contribution in [2.45, 2.75) is 90.3 Å². The molecule has 0 radical (unpaired) electrons. The summed E-state index contributed by atoms with van der Waals surface area (Å²) in [6.07, 6.45) is 4.59. The van der Waals surface area contributed by atoms with Crippen LogP contribution in [-0.2, 0) is 28.6 Å². The van der Waals surface area contributed by atoms with Crippen molar-refractivity contribution in [2.75, 3.05) is 19.8 Å². The fourth-order valence-corrected chi connectivity index (χ4v) is 8.13. The summed E-state index contributed by atoms with van der Waals surface area (Å²) in [5, 5.41) is 21.1. The molecule has 3 saturated carbocycles. The Morgan fingerprint density at radius 2 is 1.87 bits per heavy atom. The lowest BCUT2D eigenvalue weighted by atomic mass is 9.45. The van der Waals surface area contributed by atoms with Crippen molar-refractivity contribution in [1.82, 2.24) is 0 Å². The zero-order valence-electron chi connectivity index (χ0n) is 22.4. The molecule has 4 aliphatic carbocycles. The third-order valence-electron chi connectivity index (χ3n) is 9.83. The highest BCUT2D eigenvalue weighted by molar-refractivity contribution is 5.91. The first-order valence-electron chi connectivity index (χ1n) is 13.7. The van der Waals surface area contributed by atoms with Crippen LogP contribution in [0.2, 0.25) is 0 Å². The van der Waals surface area contributed by atoms with Crippen molar-refractivity contribution in [3.05, 3.63) is 21.8 Å². The molecule has 0 aliphatic heterocycles. The second kappa shape index (κ2) is 10.8. The van der Waals surface area contributed by atoms with Crippen LogP contribution in [0.3, 0.4) is 0 Å². The fourth-order valence-electron chi connectivity index (χ4n) is 8.13. The SMILES string of the molecule is CCOC(=O)O[C@]1(C(=O)OCCCCO[N+](=O)[O-])CC[C@H]2[C@@H]3CCC4=CC(=O)CC[C@]4(C)[C@H]3[C@@H](O)C[C@@]21C. The van der Waals surface area contributed by atoms with Crippen molar-refractivity contribution in [2.24, 2.45) is 28.6 Å². The molecule has 0 aromatic rings. The number of aliphatic hydroxyl groups is 1. The predicted molar refractivity (Wildman–Crippen MR) is 132 cm³/mol. The van der Waals surface area contributed by atoms with E-state index in [0.717, 1.165) is 18.4 Å². The van der Waals surface area contributed by atoms with Crippen molar-refractivity contribution in [1.29, 1.82) is 0 Å². The molecule has 11 heteroatoms. The van der Waals surface area contributed by atoms with Crippen molar-refractivity contribution < 1.29 is 43.6 Å². The summed E-state index contributed by atoms with van der Waals surface area (Å²) in [6.45, 7) is 5.68. The molecule has 0 saturated heterocycles. The van der Waals surface area contributed by atoms with Gasteiger partial charge in [-0.05, 0) is 87.5 Å². The van der Waals surface area contributed by atoms with Gasteiger partial charge in [-0.1, -0.05) is 19.4 Å². The highest BCUT2D eigenvalue weighted by Crippen LogP contribution is 2.68. The number of fused-ring (bicyclic) bond motifs is 5. The largest absolute Gasteiger partial charge is 0.509 e. The molecule has 4 rings (SSSR count). The van der Waals surface area contributed by atoms with Crippen molar-refractivity contribution in [3.63, 3.8) is 0 Å². The summed E-state index contributed by atoms with van der Waals surface area (Å²) < 4.78 is 16.5. The van der Waals surface area contributed by atoms with Crippen LogP contribution in [0.4, 0.5) is 4.79 Å². The Kier molecular flexibility index (Phi) is 8.07. The number of ether oxygens (including phenoxy) is 3. The molecule has 0 bridgehead atoms. The Morgan fingerprint density at radius 3 is 2.58 bits per heavy atom. The molecule has 0 amide bonds. The molecule has 1 N–H and O–H groups in total. The summed E-state index contributed by atoms with van der Waals surface area (Å²) in [7, 11) is 0. The average Bonchev–Trinajstić information content (AvgIpc) is 3.13. The summed E-state index contributed by atoms with van der Waals surface area (Å²) in [5.41, 5.74) is -1.66. The number of aliphatic hydroxyl groups excluding tert-OH is 1. The highest BCUT2D eigenvalue weighted by atomic mass is 16.9. The number of nitrogens with zero attached hydrogens (tertiary/aromatic N) is 1. The molecule has 0 heterocycles. The van der Waals surface area contributed by atoms with Gasteiger partial charge in [-0.25, -0.2) is 9.59 Å². The van der Waals surface area contributed by atoms with Crippen LogP contribution in [0.1, 0.15) is 78.6 Å². The Bertz CT molecular complexity index is 996. The van der Waals surface area contributed by atoms with E-state index in [1.807, 2.05) is 6.92 Å². The molecule has 4 aliphatic rings. The molecule has 0 aromatic heterocycles. The van der Waals surface area contributed by atoms with E-state index in [0.29, 0.717) is 32.1 Å². The molecule has 3 fully saturated rings. The van der Waals surface area contributed by atoms with Crippen LogP contribution in [0.15, 0.2) is 11.6 Å². The number of hydrogen-bond acceptors (Lipinski definition) is 10. The van der Waals surface area contributed by atoms with Gasteiger partial charge in [0.1, 0.15) is 0 Å². The van der Waals surface area contributed by atoms with Gasteiger partial charge in [0, 0.05) is 11.8 Å². The van der Waals surface area contributed by atoms with Gasteiger partial charge in [0.2, 0.25) is 5.60 Å². The van der Waals surface area contributed by atoms with E-state index in [9.17, 15) is 29.6 Å². The Balaban J connectivity index is 1.58. The standard InChI is InChI=1S/C27H39NO10/c1-4-35-24(32)38-27(23(31)36-13-5-6-14-37-28(33)34)12-10-20-19-8-7-17-15-18(29)9-11-25(17,2)22(19)21(30)16-26(20,27)3/h15,19-22,30H,4-14,16H2,1-3H3/t19-,20-,21-,22+,25-,26-,27-/m0/s1. The summed E-state index contributed by atoms with van der Waals surface area (Å²) in [5.74, 6) is -0.491. The van der Waals surface area contributed by atoms with E-state index >= 15 is 0 Å². The number of unbranched alkanes of at least 4 members (excludes halogenated alkanes) is 1. The Hall–Kier alpha value is -2.69. The second-order valence-corrected chi connectivity index (χ2v) is 11.6.